The maximum atomic E-state index is 14.6. The number of Topliss-reactive ketones (excluding diaryl/α,β-unsaturated/α-hetero) is 1. The molecule has 2 aliphatic heterocycles. The normalized spacial score (nSPS) is 29.9. The van der Waals surface area contributed by atoms with E-state index in [-0.39, 0.29) is 49.9 Å². The Morgan fingerprint density at radius 3 is 2.33 bits per heavy atom. The average molecular weight is 866 g/mol. The van der Waals surface area contributed by atoms with Gasteiger partial charge in [-0.3, -0.25) is 23.3 Å². The number of hydrogen-bond donors (Lipinski definition) is 5. The van der Waals surface area contributed by atoms with Crippen molar-refractivity contribution in [3.05, 3.63) is 71.2 Å². The van der Waals surface area contributed by atoms with E-state index in [0.29, 0.717) is 5.65 Å². The van der Waals surface area contributed by atoms with Crippen LogP contribution in [-0.4, -0.2) is 92.6 Å². The number of anilines is 1. The molecule has 61 heavy (non-hydrogen) atoms. The van der Waals surface area contributed by atoms with Crippen LogP contribution in [-0.2, 0) is 38.4 Å². The summed E-state index contributed by atoms with van der Waals surface area (Å²) < 4.78 is 64.8. The zero-order chi connectivity index (χ0) is 45.0. The SMILES string of the molecule is CO[C@H]1/C=C/O[C@@]2(C)Oc3c(C)c(O)c4c(O)c(c5c(nc6cc(C)ccn65)c4c3C2=O)NC(=O)/C(C)=C\C=C\[C@H](C)[C@H](O)[C@@H](C)[C@@H](OS(=O)(=O)O)[C@@H](C)[C@H](OC(C)=O)[C@@H]1C. The highest BCUT2D eigenvalue weighted by Crippen LogP contribution is 2.54. The number of aliphatic hydroxyl groups is 1. The molecule has 1 amide bonds. The number of hydrogen-bond acceptors (Lipinski definition) is 14. The van der Waals surface area contributed by atoms with Crippen molar-refractivity contribution >= 4 is 61.2 Å². The lowest BCUT2D eigenvalue weighted by Gasteiger charge is -2.39. The first kappa shape index (κ1) is 45.0. The number of nitrogens with one attached hydrogen (secondary N) is 1. The fourth-order valence-electron chi connectivity index (χ4n) is 8.33. The first-order valence-corrected chi connectivity index (χ1v) is 21.0. The molecule has 0 saturated carbocycles. The van der Waals surface area contributed by atoms with Crippen molar-refractivity contribution in [2.75, 3.05) is 12.4 Å². The number of aromatic hydroxyl groups is 2. The first-order chi connectivity index (χ1) is 28.5. The summed E-state index contributed by atoms with van der Waals surface area (Å²) in [4.78, 5) is 45.8. The second-order valence-electron chi connectivity index (χ2n) is 16.1. The molecule has 9 atom stereocenters. The zero-order valence-electron chi connectivity index (χ0n) is 35.4. The molecule has 2 aromatic carbocycles. The van der Waals surface area contributed by atoms with Crippen LogP contribution in [0.15, 0.2) is 54.5 Å². The van der Waals surface area contributed by atoms with Gasteiger partial charge in [-0.05, 0) is 44.5 Å². The molecule has 4 bridgehead atoms. The van der Waals surface area contributed by atoms with Crippen LogP contribution in [0.2, 0.25) is 0 Å². The molecule has 0 unspecified atom stereocenters. The highest BCUT2D eigenvalue weighted by atomic mass is 32.3. The second-order valence-corrected chi connectivity index (χ2v) is 17.1. The first-order valence-electron chi connectivity index (χ1n) is 19.6. The van der Waals surface area contributed by atoms with Crippen molar-refractivity contribution < 1.29 is 65.8 Å². The number of pyridine rings is 1. The third-order valence-corrected chi connectivity index (χ3v) is 12.2. The van der Waals surface area contributed by atoms with Crippen LogP contribution in [0.4, 0.5) is 5.69 Å². The lowest BCUT2D eigenvalue weighted by Crippen LogP contribution is -2.48. The highest BCUT2D eigenvalue weighted by molar-refractivity contribution is 7.80. The van der Waals surface area contributed by atoms with E-state index in [1.807, 2.05) is 6.92 Å². The quantitative estimate of drug-likeness (QED) is 0.0900. The smallest absolute Gasteiger partial charge is 0.397 e. The summed E-state index contributed by atoms with van der Waals surface area (Å²) in [6.07, 6.45) is 4.03. The molecule has 0 spiro atoms. The standard InChI is InChI=1S/C43H51N3O14S/c1-19-14-16-46-28(18-19)44-32-29-30-36(49)24(6)40-31(29)41(51)43(9,59-40)57-17-15-27(56-10)22(4)38(58-26(8)47)25(7)39(60-61(53,54)55)23(5)35(48)20(2)12-11-13-21(3)42(52)45-33(34(32)46)37(30)50/h11-18,20,22-23,25,27,35,38-39,48-50H,1-10H3,(H,45,52)(H,53,54,55)/b12-11+,17-15+,21-13-/t20-,22+,23+,25-,27-,35-,38+,39+,43-/m0/s1. The van der Waals surface area contributed by atoms with Crippen LogP contribution >= 0.6 is 0 Å². The number of amides is 1. The number of aryl methyl sites for hydroxylation is 1. The van der Waals surface area contributed by atoms with Crippen LogP contribution in [0.1, 0.15) is 70.0 Å². The number of esters is 1. The summed E-state index contributed by atoms with van der Waals surface area (Å²) >= 11 is 0. The number of phenolic OH excluding ortho intramolecular Hbond substituents is 2. The maximum absolute atomic E-state index is 14.6. The number of rotatable bonds is 4. The molecule has 2 aliphatic rings. The van der Waals surface area contributed by atoms with Crippen LogP contribution < -0.4 is 10.1 Å². The molecule has 5 N–H and O–H groups in total. The third kappa shape index (κ3) is 8.29. The van der Waals surface area contributed by atoms with E-state index < -0.39 is 93.4 Å². The van der Waals surface area contributed by atoms with E-state index in [2.05, 4.69) is 5.32 Å². The Labute approximate surface area is 352 Å². The topological polar surface area (TPSA) is 242 Å². The number of fused-ring (bicyclic) bond motifs is 2. The number of nitrogens with zero attached hydrogens (tertiary/aromatic N) is 2. The molecule has 328 valence electrons. The fourth-order valence-corrected chi connectivity index (χ4v) is 8.96. The fraction of sp³-hybridized carbons (Fsp3) is 0.442. The van der Waals surface area contributed by atoms with Gasteiger partial charge in [0.15, 0.2) is 5.75 Å². The number of ketones is 1. The Bertz CT molecular complexity index is 2650. The summed E-state index contributed by atoms with van der Waals surface area (Å²) in [6.45, 7) is 13.8. The Kier molecular flexibility index (Phi) is 12.3. The van der Waals surface area contributed by atoms with Gasteiger partial charge in [-0.15, -0.1) is 0 Å². The van der Waals surface area contributed by atoms with Crippen molar-refractivity contribution in [3.8, 4) is 17.2 Å². The molecule has 0 saturated heterocycles. The number of allylic oxidation sites excluding steroid dienone is 2. The maximum Gasteiger partial charge on any atom is 0.397 e. The number of aromatic nitrogens is 2. The lowest BCUT2D eigenvalue weighted by molar-refractivity contribution is -0.159. The van der Waals surface area contributed by atoms with Crippen LogP contribution in [0, 0.1) is 37.5 Å². The van der Waals surface area contributed by atoms with E-state index in [1.165, 1.54) is 60.0 Å². The largest absolute Gasteiger partial charge is 0.507 e. The Morgan fingerprint density at radius 1 is 1.00 bits per heavy atom. The number of methoxy groups -OCH3 is 1. The minimum absolute atomic E-state index is 0.0245. The molecule has 2 aromatic heterocycles. The van der Waals surface area contributed by atoms with E-state index in [1.54, 1.807) is 49.6 Å². The zero-order valence-corrected chi connectivity index (χ0v) is 36.2. The second kappa shape index (κ2) is 16.7. The van der Waals surface area contributed by atoms with Gasteiger partial charge in [0.05, 0.1) is 35.5 Å². The molecule has 17 nitrogen and oxygen atoms in total. The molecule has 4 aromatic rings. The van der Waals surface area contributed by atoms with Crippen molar-refractivity contribution in [3.63, 3.8) is 0 Å². The molecule has 0 aliphatic carbocycles. The van der Waals surface area contributed by atoms with Crippen molar-refractivity contribution in [1.82, 2.24) is 9.38 Å². The lowest BCUT2D eigenvalue weighted by atomic mass is 9.78. The Morgan fingerprint density at radius 2 is 1.69 bits per heavy atom. The number of phenols is 2. The van der Waals surface area contributed by atoms with Gasteiger partial charge in [-0.2, -0.15) is 8.42 Å². The number of imidazole rings is 1. The Hall–Kier alpha value is -5.53. The molecular weight excluding hydrogens is 815 g/mol. The van der Waals surface area contributed by atoms with Gasteiger partial charge >= 0.3 is 22.2 Å². The summed E-state index contributed by atoms with van der Waals surface area (Å²) in [5, 5.41) is 38.0. The molecule has 4 heterocycles. The van der Waals surface area contributed by atoms with Crippen molar-refractivity contribution in [2.24, 2.45) is 23.7 Å². The minimum atomic E-state index is -5.10. The van der Waals surface area contributed by atoms with Gasteiger partial charge in [0.1, 0.15) is 40.0 Å². The van der Waals surface area contributed by atoms with Gasteiger partial charge in [-0.25, -0.2) is 9.17 Å². The van der Waals surface area contributed by atoms with E-state index in [4.69, 9.17) is 28.1 Å². The third-order valence-electron chi connectivity index (χ3n) is 11.7. The number of carbonyl (C=O) groups excluding carboxylic acids is 3. The van der Waals surface area contributed by atoms with Crippen LogP contribution in [0.25, 0.3) is 27.5 Å². The highest BCUT2D eigenvalue weighted by Gasteiger charge is 2.50. The van der Waals surface area contributed by atoms with E-state index in [9.17, 15) is 42.7 Å². The van der Waals surface area contributed by atoms with Crippen molar-refractivity contribution in [1.29, 1.82) is 0 Å². The van der Waals surface area contributed by atoms with Crippen LogP contribution in [0.5, 0.6) is 17.2 Å². The predicted octanol–water partition coefficient (Wildman–Crippen LogP) is 5.98. The van der Waals surface area contributed by atoms with E-state index >= 15 is 0 Å². The molecule has 6 rings (SSSR count). The summed E-state index contributed by atoms with van der Waals surface area (Å²) in [5.74, 6) is -8.58. The molecule has 0 fully saturated rings. The van der Waals surface area contributed by atoms with Gasteiger partial charge < -0.3 is 39.6 Å². The summed E-state index contributed by atoms with van der Waals surface area (Å²) in [5.41, 5.74) is 1.78. The number of ether oxygens (including phenoxy) is 4. The number of carbonyl (C=O) groups is 3. The molecule has 0 radical (unpaired) electrons. The van der Waals surface area contributed by atoms with Crippen molar-refractivity contribution in [2.45, 2.75) is 92.5 Å². The summed E-state index contributed by atoms with van der Waals surface area (Å²) in [6, 6.07) is 3.58. The van der Waals surface area contributed by atoms with Gasteiger partial charge in [-0.1, -0.05) is 45.9 Å². The summed E-state index contributed by atoms with van der Waals surface area (Å²) in [7, 11) is -3.73. The molecule has 18 heteroatoms. The van der Waals surface area contributed by atoms with Crippen LogP contribution in [0.3, 0.4) is 0 Å². The van der Waals surface area contributed by atoms with Gasteiger partial charge in [0, 0.05) is 67.3 Å². The number of benzene rings is 2. The molecular formula is C43H51N3O14S. The monoisotopic (exact) mass is 865 g/mol. The van der Waals surface area contributed by atoms with Gasteiger partial charge in [0.25, 0.3) is 11.7 Å². The minimum Gasteiger partial charge on any atom is -0.507 e. The van der Waals surface area contributed by atoms with Gasteiger partial charge in [0.2, 0.25) is 0 Å². The number of aliphatic hydroxyl groups excluding tert-OH is 1. The predicted molar refractivity (Wildman–Crippen MR) is 224 cm³/mol. The van der Waals surface area contributed by atoms with E-state index in [0.717, 1.165) is 11.8 Å². The Balaban J connectivity index is 1.58. The average Bonchev–Trinajstić information content (AvgIpc) is 3.69.